The summed E-state index contributed by atoms with van der Waals surface area (Å²) >= 11 is 0. The Morgan fingerprint density at radius 2 is 1.79 bits per heavy atom. The monoisotopic (exact) mass is 404 g/mol. The summed E-state index contributed by atoms with van der Waals surface area (Å²) in [6.45, 7) is 8.07. The zero-order valence-electron chi connectivity index (χ0n) is 16.8. The Kier molecular flexibility index (Phi) is 7.60. The van der Waals surface area contributed by atoms with Crippen molar-refractivity contribution in [3.63, 3.8) is 0 Å². The van der Waals surface area contributed by atoms with Crippen molar-refractivity contribution in [1.29, 1.82) is 0 Å². The number of hydrogen-bond donors (Lipinski definition) is 2. The zero-order chi connectivity index (χ0) is 20.7. The number of carbonyl (C=O) groups excluding carboxylic acids is 1. The predicted octanol–water partition coefficient (Wildman–Crippen LogP) is 3.51. The Morgan fingerprint density at radius 1 is 1.11 bits per heavy atom. The minimum Gasteiger partial charge on any atom is -0.484 e. The zero-order valence-corrected chi connectivity index (χ0v) is 17.6. The number of ether oxygens (including phenoxy) is 1. The Hall–Kier alpha value is -2.38. The molecule has 0 heterocycles. The Balaban J connectivity index is 1.96. The van der Waals surface area contributed by atoms with Gasteiger partial charge in [0, 0.05) is 12.2 Å². The van der Waals surface area contributed by atoms with E-state index in [2.05, 4.69) is 10.0 Å². The van der Waals surface area contributed by atoms with Gasteiger partial charge in [-0.3, -0.25) is 4.79 Å². The van der Waals surface area contributed by atoms with E-state index in [0.29, 0.717) is 12.3 Å². The maximum Gasteiger partial charge on any atom is 0.262 e. The second-order valence-electron chi connectivity index (χ2n) is 7.02. The van der Waals surface area contributed by atoms with Gasteiger partial charge in [0.05, 0.1) is 4.90 Å². The SMILES string of the molecule is CCc1cccc(C)c1NC(=O)COc1ccc(S(=O)(=O)NCC(C)C)cc1. The van der Waals surface area contributed by atoms with Crippen molar-refractivity contribution in [2.75, 3.05) is 18.5 Å². The molecular formula is C21H28N2O4S. The largest absolute Gasteiger partial charge is 0.484 e. The first-order valence-corrected chi connectivity index (χ1v) is 10.8. The smallest absolute Gasteiger partial charge is 0.262 e. The van der Waals surface area contributed by atoms with Crippen LogP contribution < -0.4 is 14.8 Å². The first-order chi connectivity index (χ1) is 13.2. The Morgan fingerprint density at radius 3 is 2.39 bits per heavy atom. The summed E-state index contributed by atoms with van der Waals surface area (Å²) in [4.78, 5) is 12.4. The quantitative estimate of drug-likeness (QED) is 0.670. The lowest BCUT2D eigenvalue weighted by Crippen LogP contribution is -2.27. The number of para-hydroxylation sites is 1. The molecular weight excluding hydrogens is 376 g/mol. The molecule has 1 amide bonds. The normalized spacial score (nSPS) is 11.5. The van der Waals surface area contributed by atoms with Crippen LogP contribution in [0.3, 0.4) is 0 Å². The summed E-state index contributed by atoms with van der Waals surface area (Å²) in [5, 5.41) is 2.89. The van der Waals surface area contributed by atoms with Gasteiger partial charge in [0.25, 0.3) is 5.91 Å². The van der Waals surface area contributed by atoms with Gasteiger partial charge in [0.2, 0.25) is 10.0 Å². The van der Waals surface area contributed by atoms with Gasteiger partial charge in [-0.05, 0) is 54.7 Å². The number of carbonyl (C=O) groups is 1. The molecule has 0 saturated carbocycles. The van der Waals surface area contributed by atoms with E-state index in [1.807, 2.05) is 45.9 Å². The van der Waals surface area contributed by atoms with E-state index in [1.165, 1.54) is 12.1 Å². The topological polar surface area (TPSA) is 84.5 Å². The van der Waals surface area contributed by atoms with Crippen LogP contribution >= 0.6 is 0 Å². The van der Waals surface area contributed by atoms with E-state index in [0.717, 1.165) is 23.2 Å². The molecule has 2 rings (SSSR count). The molecule has 0 fully saturated rings. The summed E-state index contributed by atoms with van der Waals surface area (Å²) in [6.07, 6.45) is 0.818. The van der Waals surface area contributed by atoms with E-state index >= 15 is 0 Å². The lowest BCUT2D eigenvalue weighted by Gasteiger charge is -2.13. The highest BCUT2D eigenvalue weighted by atomic mass is 32.2. The van der Waals surface area contributed by atoms with E-state index < -0.39 is 10.0 Å². The van der Waals surface area contributed by atoms with Crippen LogP contribution in [0.15, 0.2) is 47.4 Å². The first-order valence-electron chi connectivity index (χ1n) is 9.33. The molecule has 28 heavy (non-hydrogen) atoms. The maximum absolute atomic E-state index is 12.2. The van der Waals surface area contributed by atoms with Gasteiger partial charge in [-0.25, -0.2) is 13.1 Å². The molecule has 0 atom stereocenters. The van der Waals surface area contributed by atoms with Crippen molar-refractivity contribution < 1.29 is 17.9 Å². The van der Waals surface area contributed by atoms with Crippen LogP contribution in [0.2, 0.25) is 0 Å². The van der Waals surface area contributed by atoms with Gasteiger partial charge in [-0.15, -0.1) is 0 Å². The Bertz CT molecular complexity index is 907. The predicted molar refractivity (Wildman–Crippen MR) is 111 cm³/mol. The number of sulfonamides is 1. The minimum atomic E-state index is -3.54. The molecule has 0 bridgehead atoms. The van der Waals surface area contributed by atoms with Crippen molar-refractivity contribution in [2.45, 2.75) is 39.0 Å². The van der Waals surface area contributed by atoms with Crippen LogP contribution in [0, 0.1) is 12.8 Å². The molecule has 2 aromatic rings. The fourth-order valence-corrected chi connectivity index (χ4v) is 3.81. The molecule has 0 aliphatic carbocycles. The van der Waals surface area contributed by atoms with Gasteiger partial charge >= 0.3 is 0 Å². The molecule has 6 nitrogen and oxygen atoms in total. The third-order valence-electron chi connectivity index (χ3n) is 4.19. The van der Waals surface area contributed by atoms with Gasteiger partial charge < -0.3 is 10.1 Å². The Labute approximate surface area is 167 Å². The van der Waals surface area contributed by atoms with Crippen LogP contribution in [-0.4, -0.2) is 27.5 Å². The summed E-state index contributed by atoms with van der Waals surface area (Å²) in [5.74, 6) is 0.384. The van der Waals surface area contributed by atoms with Crippen LogP contribution in [0.25, 0.3) is 0 Å². The third kappa shape index (κ3) is 6.07. The first kappa shape index (κ1) is 21.9. The molecule has 2 N–H and O–H groups in total. The second kappa shape index (κ2) is 9.71. The van der Waals surface area contributed by atoms with Crippen LogP contribution in [0.5, 0.6) is 5.75 Å². The molecule has 0 saturated heterocycles. The van der Waals surface area contributed by atoms with E-state index in [9.17, 15) is 13.2 Å². The number of benzene rings is 2. The minimum absolute atomic E-state index is 0.158. The van der Waals surface area contributed by atoms with Gasteiger partial charge in [-0.2, -0.15) is 0 Å². The van der Waals surface area contributed by atoms with Crippen LogP contribution in [0.1, 0.15) is 31.9 Å². The van der Waals surface area contributed by atoms with E-state index in [1.54, 1.807) is 12.1 Å². The molecule has 2 aromatic carbocycles. The molecule has 0 aromatic heterocycles. The molecule has 0 aliphatic rings. The van der Waals surface area contributed by atoms with Crippen LogP contribution in [0.4, 0.5) is 5.69 Å². The standard InChI is InChI=1S/C21H28N2O4S/c1-5-17-8-6-7-16(4)21(17)23-20(24)14-27-18-9-11-19(12-10-18)28(25,26)22-13-15(2)3/h6-12,15,22H,5,13-14H2,1-4H3,(H,23,24). The second-order valence-corrected chi connectivity index (χ2v) is 8.78. The third-order valence-corrected chi connectivity index (χ3v) is 5.63. The fourth-order valence-electron chi connectivity index (χ4n) is 2.60. The number of hydrogen-bond acceptors (Lipinski definition) is 4. The fraction of sp³-hybridized carbons (Fsp3) is 0.381. The molecule has 0 aliphatic heterocycles. The molecule has 0 spiro atoms. The molecule has 0 unspecified atom stereocenters. The van der Waals surface area contributed by atoms with Gasteiger partial charge in [0.1, 0.15) is 5.75 Å². The lowest BCUT2D eigenvalue weighted by molar-refractivity contribution is -0.118. The van der Waals surface area contributed by atoms with Crippen molar-refractivity contribution in [3.8, 4) is 5.75 Å². The average Bonchev–Trinajstić information content (AvgIpc) is 2.67. The number of amides is 1. The van der Waals surface area contributed by atoms with Gasteiger partial charge in [0.15, 0.2) is 6.61 Å². The summed E-state index contributed by atoms with van der Waals surface area (Å²) in [5.41, 5.74) is 2.88. The van der Waals surface area contributed by atoms with Crippen molar-refractivity contribution in [1.82, 2.24) is 4.72 Å². The highest BCUT2D eigenvalue weighted by molar-refractivity contribution is 7.89. The highest BCUT2D eigenvalue weighted by Gasteiger charge is 2.14. The van der Waals surface area contributed by atoms with Crippen molar-refractivity contribution in [2.24, 2.45) is 5.92 Å². The number of nitrogens with one attached hydrogen (secondary N) is 2. The van der Waals surface area contributed by atoms with Crippen molar-refractivity contribution >= 4 is 21.6 Å². The van der Waals surface area contributed by atoms with E-state index in [-0.39, 0.29) is 23.3 Å². The summed E-state index contributed by atoms with van der Waals surface area (Å²) < 4.78 is 32.4. The molecule has 152 valence electrons. The summed E-state index contributed by atoms with van der Waals surface area (Å²) in [6, 6.07) is 11.9. The van der Waals surface area contributed by atoms with Gasteiger partial charge in [-0.1, -0.05) is 39.0 Å². The van der Waals surface area contributed by atoms with Crippen molar-refractivity contribution in [3.05, 3.63) is 53.6 Å². The summed E-state index contributed by atoms with van der Waals surface area (Å²) in [7, 11) is -3.54. The molecule has 0 radical (unpaired) electrons. The van der Waals surface area contributed by atoms with Crippen LogP contribution in [-0.2, 0) is 21.2 Å². The lowest BCUT2D eigenvalue weighted by atomic mass is 10.1. The number of aryl methyl sites for hydroxylation is 2. The highest BCUT2D eigenvalue weighted by Crippen LogP contribution is 2.21. The number of rotatable bonds is 9. The maximum atomic E-state index is 12.2. The number of anilines is 1. The average molecular weight is 405 g/mol. The van der Waals surface area contributed by atoms with E-state index in [4.69, 9.17) is 4.74 Å². The molecule has 7 heteroatoms.